The summed E-state index contributed by atoms with van der Waals surface area (Å²) in [5.74, 6) is 0.766. The average molecular weight is 222 g/mol. The molecule has 0 amide bonds. The highest BCUT2D eigenvalue weighted by Gasteiger charge is 2.03. The lowest BCUT2D eigenvalue weighted by atomic mass is 10.2. The second kappa shape index (κ2) is 4.17. The predicted molar refractivity (Wildman–Crippen MR) is 64.6 cm³/mol. The Balaban J connectivity index is 1.99. The number of rotatable bonds is 2. The lowest BCUT2D eigenvalue weighted by Gasteiger charge is -1.98. The molecule has 82 valence electrons. The van der Waals surface area contributed by atoms with Crippen molar-refractivity contribution in [3.05, 3.63) is 61.2 Å². The van der Waals surface area contributed by atoms with Gasteiger partial charge in [-0.1, -0.05) is 30.3 Å². The largest absolute Gasteiger partial charge is 0.245 e. The Morgan fingerprint density at radius 1 is 0.941 bits per heavy atom. The Morgan fingerprint density at radius 2 is 1.82 bits per heavy atom. The molecule has 0 N–H and O–H groups in total. The molecule has 3 aromatic rings. The van der Waals surface area contributed by atoms with Gasteiger partial charge < -0.3 is 0 Å². The summed E-state index contributed by atoms with van der Waals surface area (Å²) >= 11 is 0. The van der Waals surface area contributed by atoms with Crippen molar-refractivity contribution < 1.29 is 0 Å². The van der Waals surface area contributed by atoms with Crippen LogP contribution in [0.1, 0.15) is 0 Å². The van der Waals surface area contributed by atoms with Crippen LogP contribution in [0.5, 0.6) is 0 Å². The van der Waals surface area contributed by atoms with Crippen LogP contribution in [0.25, 0.3) is 17.1 Å². The first-order valence-corrected chi connectivity index (χ1v) is 5.31. The van der Waals surface area contributed by atoms with Crippen molar-refractivity contribution >= 4 is 0 Å². The molecule has 0 atom stereocenters. The monoisotopic (exact) mass is 222 g/mol. The molecule has 0 aliphatic carbocycles. The fourth-order valence-corrected chi connectivity index (χ4v) is 1.63. The van der Waals surface area contributed by atoms with Crippen molar-refractivity contribution in [3.63, 3.8) is 0 Å². The first-order valence-electron chi connectivity index (χ1n) is 5.31. The highest BCUT2D eigenvalue weighted by molar-refractivity contribution is 5.58. The Labute approximate surface area is 98.6 Å². The van der Waals surface area contributed by atoms with Crippen LogP contribution in [0.3, 0.4) is 0 Å². The summed E-state index contributed by atoms with van der Waals surface area (Å²) in [5, 5.41) is 4.48. The molecule has 0 unspecified atom stereocenters. The topological polar surface area (TPSA) is 43.6 Å². The summed E-state index contributed by atoms with van der Waals surface area (Å²) in [7, 11) is 0. The lowest BCUT2D eigenvalue weighted by Crippen LogP contribution is -1.97. The molecule has 0 aliphatic rings. The van der Waals surface area contributed by atoms with Gasteiger partial charge in [-0.15, -0.1) is 0 Å². The molecular weight excluding hydrogens is 212 g/mol. The first-order chi connectivity index (χ1) is 8.43. The van der Waals surface area contributed by atoms with E-state index in [1.807, 2.05) is 48.7 Å². The minimum Gasteiger partial charge on any atom is -0.245 e. The second-order valence-electron chi connectivity index (χ2n) is 3.58. The summed E-state index contributed by atoms with van der Waals surface area (Å²) < 4.78 is 1.74. The minimum absolute atomic E-state index is 0.766. The third-order valence-electron chi connectivity index (χ3n) is 2.46. The fraction of sp³-hybridized carbons (Fsp3) is 0. The van der Waals surface area contributed by atoms with Gasteiger partial charge in [-0.25, -0.2) is 14.6 Å². The van der Waals surface area contributed by atoms with E-state index >= 15 is 0 Å². The number of benzene rings is 1. The Hall–Kier alpha value is -2.49. The van der Waals surface area contributed by atoms with Gasteiger partial charge in [-0.3, -0.25) is 0 Å². The van der Waals surface area contributed by atoms with E-state index in [0.717, 1.165) is 17.1 Å². The van der Waals surface area contributed by atoms with Crippen molar-refractivity contribution in [2.45, 2.75) is 0 Å². The van der Waals surface area contributed by atoms with Crippen molar-refractivity contribution in [1.82, 2.24) is 19.7 Å². The molecular formula is C13H10N4. The molecule has 2 aromatic heterocycles. The van der Waals surface area contributed by atoms with Crippen LogP contribution in [0.15, 0.2) is 61.2 Å². The number of nitrogens with zero attached hydrogens (tertiary/aromatic N) is 4. The van der Waals surface area contributed by atoms with Crippen LogP contribution >= 0.6 is 0 Å². The maximum absolute atomic E-state index is 4.48. The molecule has 0 aliphatic heterocycles. The van der Waals surface area contributed by atoms with Gasteiger partial charge in [-0.2, -0.15) is 5.10 Å². The van der Waals surface area contributed by atoms with Gasteiger partial charge in [-0.05, 0) is 6.07 Å². The zero-order valence-corrected chi connectivity index (χ0v) is 9.06. The molecule has 0 fully saturated rings. The third kappa shape index (κ3) is 1.92. The van der Waals surface area contributed by atoms with E-state index in [1.54, 1.807) is 10.9 Å². The predicted octanol–water partition coefficient (Wildman–Crippen LogP) is 2.33. The number of hydrogen-bond acceptors (Lipinski definition) is 3. The standard InChI is InChI=1S/C13H10N4/c1-2-4-11(5-3-1)12-7-9-17(16-12)13-6-8-14-10-15-13/h1-10H. The van der Waals surface area contributed by atoms with Crippen LogP contribution in [-0.4, -0.2) is 19.7 Å². The molecule has 0 saturated carbocycles. The normalized spacial score (nSPS) is 10.4. The van der Waals surface area contributed by atoms with Crippen molar-refractivity contribution in [2.75, 3.05) is 0 Å². The summed E-state index contributed by atoms with van der Waals surface area (Å²) in [6.07, 6.45) is 5.11. The van der Waals surface area contributed by atoms with E-state index in [0.29, 0.717) is 0 Å². The molecule has 0 bridgehead atoms. The van der Waals surface area contributed by atoms with Gasteiger partial charge in [0.2, 0.25) is 0 Å². The van der Waals surface area contributed by atoms with Crippen molar-refractivity contribution in [3.8, 4) is 17.1 Å². The summed E-state index contributed by atoms with van der Waals surface area (Å²) in [4.78, 5) is 8.03. The van der Waals surface area contributed by atoms with E-state index in [-0.39, 0.29) is 0 Å². The Morgan fingerprint density at radius 3 is 2.59 bits per heavy atom. The first kappa shape index (κ1) is 9.72. The Kier molecular flexibility index (Phi) is 2.38. The SMILES string of the molecule is c1ccc(-c2ccn(-c3ccncn3)n2)cc1. The molecule has 2 heterocycles. The van der Waals surface area contributed by atoms with Gasteiger partial charge in [0.05, 0.1) is 5.69 Å². The van der Waals surface area contributed by atoms with Gasteiger partial charge >= 0.3 is 0 Å². The van der Waals surface area contributed by atoms with Crippen LogP contribution in [0.2, 0.25) is 0 Å². The van der Waals surface area contributed by atoms with Crippen LogP contribution < -0.4 is 0 Å². The van der Waals surface area contributed by atoms with E-state index < -0.39 is 0 Å². The molecule has 4 heteroatoms. The van der Waals surface area contributed by atoms with Crippen LogP contribution in [0, 0.1) is 0 Å². The van der Waals surface area contributed by atoms with Crippen molar-refractivity contribution in [2.24, 2.45) is 0 Å². The highest BCUT2D eigenvalue weighted by atomic mass is 15.3. The van der Waals surface area contributed by atoms with Crippen LogP contribution in [0.4, 0.5) is 0 Å². The van der Waals surface area contributed by atoms with Gasteiger partial charge in [0, 0.05) is 24.0 Å². The lowest BCUT2D eigenvalue weighted by molar-refractivity contribution is 0.842. The smallest absolute Gasteiger partial charge is 0.156 e. The summed E-state index contributed by atoms with van der Waals surface area (Å²) in [6.45, 7) is 0. The quantitative estimate of drug-likeness (QED) is 0.668. The van der Waals surface area contributed by atoms with E-state index in [4.69, 9.17) is 0 Å². The van der Waals surface area contributed by atoms with E-state index in [2.05, 4.69) is 15.1 Å². The molecule has 1 aromatic carbocycles. The fourth-order valence-electron chi connectivity index (χ4n) is 1.63. The van der Waals surface area contributed by atoms with Crippen molar-refractivity contribution in [1.29, 1.82) is 0 Å². The maximum atomic E-state index is 4.48. The van der Waals surface area contributed by atoms with Crippen LogP contribution in [-0.2, 0) is 0 Å². The van der Waals surface area contributed by atoms with Gasteiger partial charge in [0.25, 0.3) is 0 Å². The molecule has 0 spiro atoms. The molecule has 17 heavy (non-hydrogen) atoms. The van der Waals surface area contributed by atoms with Gasteiger partial charge in [0.1, 0.15) is 6.33 Å². The zero-order chi connectivity index (χ0) is 11.5. The molecule has 0 saturated heterocycles. The molecule has 3 rings (SSSR count). The zero-order valence-electron chi connectivity index (χ0n) is 9.06. The number of aromatic nitrogens is 4. The van der Waals surface area contributed by atoms with E-state index in [1.165, 1.54) is 6.33 Å². The molecule has 0 radical (unpaired) electrons. The summed E-state index contributed by atoms with van der Waals surface area (Å²) in [5.41, 5.74) is 2.03. The Bertz CT molecular complexity index is 548. The average Bonchev–Trinajstić information content (AvgIpc) is 2.90. The molecule has 4 nitrogen and oxygen atoms in total. The number of hydrogen-bond donors (Lipinski definition) is 0. The summed E-state index contributed by atoms with van der Waals surface area (Å²) in [6, 6.07) is 13.8. The highest BCUT2D eigenvalue weighted by Crippen LogP contribution is 2.16. The second-order valence-corrected chi connectivity index (χ2v) is 3.58. The maximum Gasteiger partial charge on any atom is 0.156 e. The van der Waals surface area contributed by atoms with Gasteiger partial charge in [0.15, 0.2) is 5.82 Å². The van der Waals surface area contributed by atoms with E-state index in [9.17, 15) is 0 Å². The third-order valence-corrected chi connectivity index (χ3v) is 2.46. The minimum atomic E-state index is 0.766.